The van der Waals surface area contributed by atoms with Crippen LogP contribution in [0.3, 0.4) is 0 Å². The number of nitrogens with one attached hydrogen (secondary N) is 2. The Morgan fingerprint density at radius 3 is 2.47 bits per heavy atom. The first-order valence-electron chi connectivity index (χ1n) is 5.34. The first-order chi connectivity index (χ1) is 8.53. The zero-order valence-electron chi connectivity index (χ0n) is 10.8. The van der Waals surface area contributed by atoms with Crippen molar-refractivity contribution in [2.45, 2.75) is 20.4 Å². The summed E-state index contributed by atoms with van der Waals surface area (Å²) in [6.45, 7) is 2.64. The van der Waals surface area contributed by atoms with E-state index in [9.17, 15) is 22.8 Å². The van der Waals surface area contributed by atoms with Crippen molar-refractivity contribution < 1.29 is 13.2 Å². The second-order valence-electron chi connectivity index (χ2n) is 4.79. The molecule has 1 aromatic rings. The van der Waals surface area contributed by atoms with Crippen LogP contribution in [0, 0.1) is 5.41 Å². The second kappa shape index (κ2) is 5.00. The maximum absolute atomic E-state index is 11.8. The number of sulfonamides is 1. The lowest BCUT2D eigenvalue weighted by Gasteiger charge is -2.23. The molecule has 0 aliphatic rings. The van der Waals surface area contributed by atoms with Crippen molar-refractivity contribution in [2.24, 2.45) is 5.41 Å². The number of aromatic amines is 1. The summed E-state index contributed by atoms with van der Waals surface area (Å²) in [5.74, 6) is -0.787. The Balaban J connectivity index is 3.07. The molecule has 1 aromatic heterocycles. The number of amides is 1. The van der Waals surface area contributed by atoms with Gasteiger partial charge in [-0.2, -0.15) is 0 Å². The van der Waals surface area contributed by atoms with Crippen LogP contribution in [0.2, 0.25) is 0 Å². The molecule has 0 spiro atoms. The average molecular weight is 289 g/mol. The van der Waals surface area contributed by atoms with Crippen molar-refractivity contribution in [3.63, 3.8) is 0 Å². The lowest BCUT2D eigenvalue weighted by Crippen LogP contribution is -2.46. The van der Waals surface area contributed by atoms with E-state index in [4.69, 9.17) is 0 Å². The van der Waals surface area contributed by atoms with Crippen LogP contribution >= 0.6 is 0 Å². The van der Waals surface area contributed by atoms with Crippen molar-refractivity contribution in [3.8, 4) is 0 Å². The molecule has 0 atom stereocenters. The molecule has 106 valence electrons. The van der Waals surface area contributed by atoms with Crippen LogP contribution in [0.4, 0.5) is 0 Å². The number of H-pyrrole nitrogens is 1. The van der Waals surface area contributed by atoms with Crippen molar-refractivity contribution >= 4 is 15.9 Å². The summed E-state index contributed by atoms with van der Waals surface area (Å²) in [6.07, 6.45) is 2.05. The van der Waals surface area contributed by atoms with Gasteiger partial charge in [-0.3, -0.25) is 18.9 Å². The number of nitrogens with zero attached hydrogens (tertiary/aromatic N) is 1. The van der Waals surface area contributed by atoms with E-state index >= 15 is 0 Å². The molecule has 0 aromatic carbocycles. The Morgan fingerprint density at radius 1 is 1.42 bits per heavy atom. The van der Waals surface area contributed by atoms with Gasteiger partial charge < -0.3 is 4.98 Å². The van der Waals surface area contributed by atoms with Gasteiger partial charge in [-0.15, -0.1) is 0 Å². The molecule has 9 heteroatoms. The third kappa shape index (κ3) is 4.05. The lowest BCUT2D eigenvalue weighted by molar-refractivity contribution is -0.128. The highest BCUT2D eigenvalue weighted by Crippen LogP contribution is 2.16. The molecule has 0 radical (unpaired) electrons. The van der Waals surface area contributed by atoms with Crippen LogP contribution in [0.1, 0.15) is 13.8 Å². The van der Waals surface area contributed by atoms with E-state index in [1.54, 1.807) is 0 Å². The fraction of sp³-hybridized carbons (Fsp3) is 0.500. The summed E-state index contributed by atoms with van der Waals surface area (Å²) in [5, 5.41) is 0. The minimum absolute atomic E-state index is 0.233. The molecule has 0 saturated heterocycles. The molecule has 1 rings (SSSR count). The van der Waals surface area contributed by atoms with Crippen LogP contribution in [-0.4, -0.2) is 30.1 Å². The standard InChI is InChI=1S/C10H15N3O5S/c1-10(2,8(15)12-19(3,17)18)6-13-7(14)4-5-11-9(13)16/h4-5H,6H2,1-3H3,(H,11,16)(H,12,15). The maximum atomic E-state index is 11.8. The van der Waals surface area contributed by atoms with Gasteiger partial charge in [0.15, 0.2) is 0 Å². The van der Waals surface area contributed by atoms with Crippen LogP contribution in [-0.2, 0) is 21.4 Å². The predicted molar refractivity (Wildman–Crippen MR) is 68.1 cm³/mol. The summed E-state index contributed by atoms with van der Waals surface area (Å²) >= 11 is 0. The van der Waals surface area contributed by atoms with Crippen molar-refractivity contribution in [2.75, 3.05) is 6.26 Å². The lowest BCUT2D eigenvalue weighted by atomic mass is 9.92. The second-order valence-corrected chi connectivity index (χ2v) is 6.54. The summed E-state index contributed by atoms with van der Waals surface area (Å²) in [6, 6.07) is 1.14. The van der Waals surface area contributed by atoms with Crippen LogP contribution < -0.4 is 16.0 Å². The highest BCUT2D eigenvalue weighted by Gasteiger charge is 2.31. The van der Waals surface area contributed by atoms with E-state index in [0.717, 1.165) is 16.9 Å². The highest BCUT2D eigenvalue weighted by molar-refractivity contribution is 7.89. The topological polar surface area (TPSA) is 118 Å². The van der Waals surface area contributed by atoms with Crippen LogP contribution in [0.15, 0.2) is 21.9 Å². The summed E-state index contributed by atoms with van der Waals surface area (Å²) in [5.41, 5.74) is -2.46. The van der Waals surface area contributed by atoms with Gasteiger partial charge >= 0.3 is 5.69 Å². The van der Waals surface area contributed by atoms with Gasteiger partial charge in [-0.1, -0.05) is 0 Å². The maximum Gasteiger partial charge on any atom is 0.328 e. The molecule has 1 amide bonds. The molecule has 0 aliphatic carbocycles. The predicted octanol–water partition coefficient (Wildman–Crippen LogP) is -1.36. The smallest absolute Gasteiger partial charge is 0.314 e. The largest absolute Gasteiger partial charge is 0.328 e. The number of rotatable bonds is 4. The first kappa shape index (κ1) is 15.2. The van der Waals surface area contributed by atoms with E-state index in [0.29, 0.717) is 0 Å². The van der Waals surface area contributed by atoms with Gasteiger partial charge in [-0.25, -0.2) is 13.2 Å². The van der Waals surface area contributed by atoms with Crippen LogP contribution in [0.25, 0.3) is 0 Å². The molecular formula is C10H15N3O5S. The minimum atomic E-state index is -3.69. The Bertz CT molecular complexity index is 670. The molecule has 2 N–H and O–H groups in total. The highest BCUT2D eigenvalue weighted by atomic mass is 32.2. The van der Waals surface area contributed by atoms with Gasteiger partial charge in [0.25, 0.3) is 5.56 Å². The fourth-order valence-corrected chi connectivity index (χ4v) is 1.99. The number of hydrogen-bond donors (Lipinski definition) is 2. The van der Waals surface area contributed by atoms with Crippen molar-refractivity contribution in [3.05, 3.63) is 33.1 Å². The van der Waals surface area contributed by atoms with E-state index in [2.05, 4.69) is 4.98 Å². The molecule has 0 unspecified atom stereocenters. The third-order valence-electron chi connectivity index (χ3n) is 2.39. The first-order valence-corrected chi connectivity index (χ1v) is 7.23. The van der Waals surface area contributed by atoms with Gasteiger partial charge in [0.1, 0.15) is 0 Å². The number of hydrogen-bond acceptors (Lipinski definition) is 5. The Hall–Kier alpha value is -1.90. The Labute approximate surface area is 109 Å². The molecule has 0 bridgehead atoms. The van der Waals surface area contributed by atoms with E-state index in [1.807, 2.05) is 4.72 Å². The molecule has 1 heterocycles. The Kier molecular flexibility index (Phi) is 3.99. The Morgan fingerprint density at radius 2 is 2.00 bits per heavy atom. The minimum Gasteiger partial charge on any atom is -0.314 e. The van der Waals surface area contributed by atoms with E-state index < -0.39 is 32.6 Å². The van der Waals surface area contributed by atoms with E-state index in [-0.39, 0.29) is 6.54 Å². The van der Waals surface area contributed by atoms with Crippen LogP contribution in [0.5, 0.6) is 0 Å². The zero-order chi connectivity index (χ0) is 14.8. The summed E-state index contributed by atoms with van der Waals surface area (Å²) in [7, 11) is -3.69. The van der Waals surface area contributed by atoms with Gasteiger partial charge in [-0.05, 0) is 13.8 Å². The molecule has 0 fully saturated rings. The molecule has 8 nitrogen and oxygen atoms in total. The zero-order valence-corrected chi connectivity index (χ0v) is 11.6. The normalized spacial score (nSPS) is 12.2. The molecular weight excluding hydrogens is 274 g/mol. The molecule has 19 heavy (non-hydrogen) atoms. The number of carbonyl (C=O) groups is 1. The fourth-order valence-electron chi connectivity index (χ4n) is 1.38. The van der Waals surface area contributed by atoms with Crippen molar-refractivity contribution in [1.82, 2.24) is 14.3 Å². The number of aromatic nitrogens is 2. The molecule has 0 aliphatic heterocycles. The van der Waals surface area contributed by atoms with Gasteiger partial charge in [0.05, 0.1) is 11.7 Å². The quantitative estimate of drug-likeness (QED) is 0.709. The van der Waals surface area contributed by atoms with Crippen molar-refractivity contribution in [1.29, 1.82) is 0 Å². The SMILES string of the molecule is CC(C)(Cn1c(=O)cc[nH]c1=O)C(=O)NS(C)(=O)=O. The molecule has 0 saturated carbocycles. The summed E-state index contributed by atoms with van der Waals surface area (Å²) in [4.78, 5) is 37.1. The number of carbonyl (C=O) groups excluding carboxylic acids is 1. The van der Waals surface area contributed by atoms with Gasteiger partial charge in [0, 0.05) is 18.8 Å². The monoisotopic (exact) mass is 289 g/mol. The third-order valence-corrected chi connectivity index (χ3v) is 2.95. The van der Waals surface area contributed by atoms with E-state index in [1.165, 1.54) is 20.0 Å². The summed E-state index contributed by atoms with van der Waals surface area (Å²) < 4.78 is 24.7. The average Bonchev–Trinajstić information content (AvgIpc) is 2.21. The van der Waals surface area contributed by atoms with Gasteiger partial charge in [0.2, 0.25) is 15.9 Å².